The summed E-state index contributed by atoms with van der Waals surface area (Å²) in [5, 5.41) is 0. The maximum Gasteiger partial charge on any atom is 0 e. The van der Waals surface area contributed by atoms with Crippen LogP contribution in [0.3, 0.4) is 0 Å². The van der Waals surface area contributed by atoms with Gasteiger partial charge in [0, 0.05) is 302 Å². The molecule has 0 N–H and O–H groups in total. The summed E-state index contributed by atoms with van der Waals surface area (Å²) in [5.74, 6) is 0. The molecule has 0 amide bonds. The van der Waals surface area contributed by atoms with Crippen LogP contribution < -0.4 is 0 Å². The zero-order chi connectivity index (χ0) is 0. The maximum absolute atomic E-state index is 0. The van der Waals surface area contributed by atoms with Crippen molar-refractivity contribution in [3.63, 3.8) is 0 Å². The van der Waals surface area contributed by atoms with Gasteiger partial charge in [0.15, 0.2) is 0 Å². The molecule has 0 saturated carbocycles. The predicted molar refractivity (Wildman–Crippen MR) is 0 cm³/mol. The molecule has 0 saturated heterocycles. The maximum atomic E-state index is 0. The van der Waals surface area contributed by atoms with Crippen LogP contribution in [0.4, 0.5) is 0 Å². The van der Waals surface area contributed by atoms with E-state index in [-0.39, 0.29) is 302 Å². The van der Waals surface area contributed by atoms with Crippen molar-refractivity contribution in [1.29, 1.82) is 0 Å². The van der Waals surface area contributed by atoms with E-state index in [4.69, 9.17) is 0 Å². The van der Waals surface area contributed by atoms with E-state index in [9.17, 15) is 0 Å². The summed E-state index contributed by atoms with van der Waals surface area (Å²) in [5.41, 5.74) is 0. The van der Waals surface area contributed by atoms with Crippen molar-refractivity contribution in [2.24, 2.45) is 0 Å². The van der Waals surface area contributed by atoms with Crippen LogP contribution in [0.1, 0.15) is 0 Å². The third-order valence-corrected chi connectivity index (χ3v) is 0. The summed E-state index contributed by atoms with van der Waals surface area (Å²) in [7, 11) is 0. The van der Waals surface area contributed by atoms with Gasteiger partial charge >= 0.3 is 0 Å². The Kier molecular flexibility index (Phi) is 2450. The molecule has 0 bridgehead atoms. The van der Waals surface area contributed by atoms with Gasteiger partial charge in [-0.3, -0.25) is 0 Å². The minimum atomic E-state index is 0. The predicted octanol–water partition coefficient (Wildman–Crippen LogP) is -0.0450. The third kappa shape index (κ3) is 176. The second kappa shape index (κ2) is 198. The smallest absolute Gasteiger partial charge is 0 e. The molecule has 0 aliphatic heterocycles. The molecule has 0 aliphatic carbocycles. The third-order valence-electron chi connectivity index (χ3n) is 0. The fourth-order valence-electron chi connectivity index (χ4n) is 0. The molecule has 18 radical (unpaired) electrons. The Hall–Kier alpha value is 9.12. The van der Waals surface area contributed by atoms with E-state index in [2.05, 4.69) is 0 Å². The van der Waals surface area contributed by atoms with E-state index in [1.165, 1.54) is 0 Å². The molecule has 0 rings (SSSR count). The molecule has 0 aromatic carbocycles. The van der Waals surface area contributed by atoms with E-state index >= 15 is 0 Å². The number of hydrogen-bond acceptors (Lipinski definition) is 0. The van der Waals surface area contributed by atoms with Gasteiger partial charge in [-0.1, -0.05) is 0 Å². The normalized spacial score (nSPS) is 0. The fourth-order valence-corrected chi connectivity index (χ4v) is 0. The average molecular weight is 1060 g/mol. The molecule has 18 heavy (non-hydrogen) atoms. The van der Waals surface area contributed by atoms with E-state index < -0.39 is 0 Å². The SMILES string of the molecule is [Co].[Co].[Co].[Co].[Co].[Co].[Co].[Co].[Co].[Co].[Co].[Co].[Co].[Co].[Co].[Co].[Co].[Co]. The Morgan fingerprint density at radius 3 is 0.0556 bits per heavy atom. The van der Waals surface area contributed by atoms with Crippen LogP contribution in [0, 0.1) is 0 Å². The number of rotatable bonds is 0. The van der Waals surface area contributed by atoms with Crippen molar-refractivity contribution >= 4 is 0 Å². The van der Waals surface area contributed by atoms with Gasteiger partial charge in [-0.2, -0.15) is 0 Å². The van der Waals surface area contributed by atoms with Crippen molar-refractivity contribution in [2.75, 3.05) is 0 Å². The monoisotopic (exact) mass is 1060 g/mol. The molecule has 0 aliphatic rings. The summed E-state index contributed by atoms with van der Waals surface area (Å²) >= 11 is 0. The molecule has 0 nitrogen and oxygen atoms in total. The second-order valence-corrected chi connectivity index (χ2v) is 0. The van der Waals surface area contributed by atoms with E-state index in [1.54, 1.807) is 0 Å². The first-order valence-electron chi connectivity index (χ1n) is 0. The van der Waals surface area contributed by atoms with Crippen LogP contribution in [0.5, 0.6) is 0 Å². The average Bonchev–Trinajstić information content (AvgIpc) is 0. The topological polar surface area (TPSA) is 0 Å². The summed E-state index contributed by atoms with van der Waals surface area (Å²) in [6.45, 7) is 0. The van der Waals surface area contributed by atoms with Crippen LogP contribution in [0.15, 0.2) is 0 Å². The molecule has 0 unspecified atom stereocenters. The molecule has 162 valence electrons. The Bertz CT molecular complexity index is 0. The standard InChI is InChI=1S/18Co. The second-order valence-electron chi connectivity index (χ2n) is 0. The largest absolute Gasteiger partial charge is 0 e. The summed E-state index contributed by atoms with van der Waals surface area (Å²) in [6.07, 6.45) is 0. The van der Waals surface area contributed by atoms with Crippen molar-refractivity contribution < 1.29 is 302 Å². The summed E-state index contributed by atoms with van der Waals surface area (Å²) in [4.78, 5) is 0. The van der Waals surface area contributed by atoms with Crippen molar-refractivity contribution in [2.45, 2.75) is 0 Å². The summed E-state index contributed by atoms with van der Waals surface area (Å²) in [6, 6.07) is 0. The Labute approximate surface area is 295 Å². The van der Waals surface area contributed by atoms with Gasteiger partial charge in [-0.15, -0.1) is 0 Å². The molecule has 0 fully saturated rings. The molecule has 0 heterocycles. The van der Waals surface area contributed by atoms with Gasteiger partial charge < -0.3 is 0 Å². The van der Waals surface area contributed by atoms with Gasteiger partial charge in [0.25, 0.3) is 0 Å². The van der Waals surface area contributed by atoms with Gasteiger partial charge in [0.2, 0.25) is 0 Å². The Balaban J connectivity index is 0. The molecule has 0 aromatic rings. The van der Waals surface area contributed by atoms with Crippen LogP contribution in [-0.4, -0.2) is 0 Å². The molecule has 0 spiro atoms. The molecular weight excluding hydrogens is 1060 g/mol. The Morgan fingerprint density at radius 1 is 0.0556 bits per heavy atom. The first kappa shape index (κ1) is 223. The molecule has 0 aromatic heterocycles. The van der Waals surface area contributed by atoms with Gasteiger partial charge in [-0.25, -0.2) is 0 Å². The van der Waals surface area contributed by atoms with Crippen LogP contribution in [0.2, 0.25) is 0 Å². The van der Waals surface area contributed by atoms with Gasteiger partial charge in [0.1, 0.15) is 0 Å². The first-order valence-corrected chi connectivity index (χ1v) is 0. The zero-order valence-corrected chi connectivity index (χ0v) is 24.7. The molecular formula is Co18. The Morgan fingerprint density at radius 2 is 0.0556 bits per heavy atom. The van der Waals surface area contributed by atoms with E-state index in [1.807, 2.05) is 0 Å². The zero-order valence-electron chi connectivity index (χ0n) is 6.00. The van der Waals surface area contributed by atoms with Crippen molar-refractivity contribution in [1.82, 2.24) is 0 Å². The minimum Gasteiger partial charge on any atom is 0 e. The minimum absolute atomic E-state index is 0. The van der Waals surface area contributed by atoms with E-state index in [0.29, 0.717) is 0 Å². The van der Waals surface area contributed by atoms with Gasteiger partial charge in [-0.05, 0) is 0 Å². The van der Waals surface area contributed by atoms with Crippen LogP contribution >= 0.6 is 0 Å². The van der Waals surface area contributed by atoms with Crippen LogP contribution in [-0.2, 0) is 302 Å². The fraction of sp³-hybridized carbons (Fsp3) is 0. The quantitative estimate of drug-likeness (QED) is 0.320. The molecule has 18 heteroatoms. The number of hydrogen-bond donors (Lipinski definition) is 0. The van der Waals surface area contributed by atoms with Crippen LogP contribution in [0.25, 0.3) is 0 Å². The molecule has 0 atom stereocenters. The van der Waals surface area contributed by atoms with E-state index in [0.717, 1.165) is 0 Å². The van der Waals surface area contributed by atoms with Crippen molar-refractivity contribution in [3.05, 3.63) is 0 Å². The summed E-state index contributed by atoms with van der Waals surface area (Å²) < 4.78 is 0. The van der Waals surface area contributed by atoms with Crippen molar-refractivity contribution in [3.8, 4) is 0 Å². The van der Waals surface area contributed by atoms with Gasteiger partial charge in [0.05, 0.1) is 0 Å². The first-order chi connectivity index (χ1) is 0.